The van der Waals surface area contributed by atoms with Crippen molar-refractivity contribution in [3.8, 4) is 5.69 Å². The van der Waals surface area contributed by atoms with Gasteiger partial charge in [0.05, 0.1) is 10.7 Å². The van der Waals surface area contributed by atoms with Crippen LogP contribution in [-0.2, 0) is 13.5 Å². The van der Waals surface area contributed by atoms with Gasteiger partial charge in [0.1, 0.15) is 5.82 Å². The van der Waals surface area contributed by atoms with Gasteiger partial charge in [0.25, 0.3) is 5.56 Å². The maximum absolute atomic E-state index is 13.2. The molecule has 0 fully saturated rings. The lowest BCUT2D eigenvalue weighted by atomic mass is 10.1. The van der Waals surface area contributed by atoms with Crippen LogP contribution in [0.2, 0.25) is 10.0 Å². The zero-order chi connectivity index (χ0) is 21.3. The van der Waals surface area contributed by atoms with Crippen LogP contribution in [0.5, 0.6) is 0 Å². The van der Waals surface area contributed by atoms with Gasteiger partial charge < -0.3 is 4.57 Å². The highest BCUT2D eigenvalue weighted by molar-refractivity contribution is 6.35. The summed E-state index contributed by atoms with van der Waals surface area (Å²) in [6, 6.07) is 5.07. The summed E-state index contributed by atoms with van der Waals surface area (Å²) < 4.78 is 4.57. The maximum atomic E-state index is 13.2. The van der Waals surface area contributed by atoms with Crippen molar-refractivity contribution < 1.29 is 0 Å². The second kappa shape index (κ2) is 8.76. The molecule has 0 bridgehead atoms. The van der Waals surface area contributed by atoms with E-state index >= 15 is 0 Å². The summed E-state index contributed by atoms with van der Waals surface area (Å²) in [4.78, 5) is 30.9. The van der Waals surface area contributed by atoms with Gasteiger partial charge in [0.15, 0.2) is 11.2 Å². The molecule has 8 heteroatoms. The van der Waals surface area contributed by atoms with Crippen molar-refractivity contribution in [2.75, 3.05) is 0 Å². The van der Waals surface area contributed by atoms with Crippen molar-refractivity contribution in [3.05, 3.63) is 54.9 Å². The van der Waals surface area contributed by atoms with Crippen LogP contribution in [0.4, 0.5) is 0 Å². The standard InChI is InChI=1S/C21H26Cl2N4O2/c1-5-8-9-14(6-2)26-17(7-3)24-19-18(26)20(28)25(4)21(29)27(19)16-11-10-13(22)12-15(16)23/h10-12,14H,5-9H2,1-4H3. The van der Waals surface area contributed by atoms with Crippen LogP contribution < -0.4 is 11.2 Å². The minimum atomic E-state index is -0.486. The SMILES string of the molecule is CCCCC(CC)n1c(CC)nc2c1c(=O)n(C)c(=O)n2-c1ccc(Cl)cc1Cl. The third kappa shape index (κ3) is 3.76. The van der Waals surface area contributed by atoms with Gasteiger partial charge in [-0.25, -0.2) is 14.3 Å². The Morgan fingerprint density at radius 1 is 1.14 bits per heavy atom. The van der Waals surface area contributed by atoms with E-state index in [1.165, 1.54) is 11.6 Å². The number of hydrogen-bond donors (Lipinski definition) is 0. The van der Waals surface area contributed by atoms with E-state index in [1.54, 1.807) is 18.2 Å². The predicted octanol–water partition coefficient (Wildman–Crippen LogP) is 4.90. The molecule has 1 unspecified atom stereocenters. The van der Waals surface area contributed by atoms with Crippen LogP contribution in [0.25, 0.3) is 16.9 Å². The topological polar surface area (TPSA) is 61.8 Å². The highest BCUT2D eigenvalue weighted by atomic mass is 35.5. The number of rotatable bonds is 7. The van der Waals surface area contributed by atoms with Crippen LogP contribution in [0.3, 0.4) is 0 Å². The fraction of sp³-hybridized carbons (Fsp3) is 0.476. The second-order valence-corrected chi connectivity index (χ2v) is 8.05. The largest absolute Gasteiger partial charge is 0.337 e. The molecule has 156 valence electrons. The fourth-order valence-electron chi connectivity index (χ4n) is 3.78. The van der Waals surface area contributed by atoms with Crippen molar-refractivity contribution in [1.82, 2.24) is 18.7 Å². The molecule has 3 rings (SSSR count). The Bertz CT molecular complexity index is 1160. The first-order valence-corrected chi connectivity index (χ1v) is 10.8. The summed E-state index contributed by atoms with van der Waals surface area (Å²) in [6.07, 6.45) is 4.62. The number of fused-ring (bicyclic) bond motifs is 1. The summed E-state index contributed by atoms with van der Waals surface area (Å²) in [5.74, 6) is 0.796. The molecule has 0 saturated heterocycles. The van der Waals surface area contributed by atoms with Gasteiger partial charge in [0, 0.05) is 24.5 Å². The lowest BCUT2D eigenvalue weighted by molar-refractivity contribution is 0.433. The molecular weight excluding hydrogens is 411 g/mol. The van der Waals surface area contributed by atoms with Gasteiger partial charge in [-0.15, -0.1) is 0 Å². The van der Waals surface area contributed by atoms with Crippen molar-refractivity contribution in [3.63, 3.8) is 0 Å². The van der Waals surface area contributed by atoms with E-state index < -0.39 is 5.69 Å². The number of halogens is 2. The summed E-state index contributed by atoms with van der Waals surface area (Å²) in [5.41, 5.74) is 0.414. The fourth-order valence-corrected chi connectivity index (χ4v) is 4.28. The van der Waals surface area contributed by atoms with E-state index in [2.05, 4.69) is 13.8 Å². The average molecular weight is 437 g/mol. The Labute approximate surface area is 179 Å². The first-order chi connectivity index (χ1) is 13.8. The normalized spacial score (nSPS) is 12.6. The average Bonchev–Trinajstić information content (AvgIpc) is 3.08. The lowest BCUT2D eigenvalue weighted by Gasteiger charge is -2.20. The molecule has 1 aromatic carbocycles. The molecule has 6 nitrogen and oxygen atoms in total. The Balaban J connectivity index is 2.44. The number of benzene rings is 1. The van der Waals surface area contributed by atoms with E-state index in [-0.39, 0.29) is 11.6 Å². The predicted molar refractivity (Wildman–Crippen MR) is 119 cm³/mol. The Hall–Kier alpha value is -2.05. The smallest absolute Gasteiger partial charge is 0.319 e. The molecule has 29 heavy (non-hydrogen) atoms. The quantitative estimate of drug-likeness (QED) is 0.529. The van der Waals surface area contributed by atoms with Gasteiger partial charge in [-0.3, -0.25) is 9.36 Å². The molecule has 0 aliphatic heterocycles. The zero-order valence-electron chi connectivity index (χ0n) is 17.2. The first kappa shape index (κ1) is 21.7. The molecule has 0 saturated carbocycles. The van der Waals surface area contributed by atoms with E-state index in [0.717, 1.165) is 36.1 Å². The molecule has 1 atom stereocenters. The number of imidazole rings is 1. The molecule has 0 N–H and O–H groups in total. The molecule has 0 amide bonds. The molecule has 0 spiro atoms. The Morgan fingerprint density at radius 3 is 2.45 bits per heavy atom. The first-order valence-electron chi connectivity index (χ1n) is 10.0. The maximum Gasteiger partial charge on any atom is 0.337 e. The minimum Gasteiger partial charge on any atom is -0.319 e. The van der Waals surface area contributed by atoms with Gasteiger partial charge in [-0.05, 0) is 31.0 Å². The summed E-state index contributed by atoms with van der Waals surface area (Å²) in [5, 5.41) is 0.795. The lowest BCUT2D eigenvalue weighted by Crippen LogP contribution is -2.38. The third-order valence-corrected chi connectivity index (χ3v) is 5.89. The summed E-state index contributed by atoms with van der Waals surface area (Å²) in [7, 11) is 1.49. The number of unbranched alkanes of at least 4 members (excludes halogenated alkanes) is 1. The van der Waals surface area contributed by atoms with E-state index in [4.69, 9.17) is 28.2 Å². The highest BCUT2D eigenvalue weighted by Crippen LogP contribution is 2.29. The number of aryl methyl sites for hydroxylation is 1. The van der Waals surface area contributed by atoms with Gasteiger partial charge in [0.2, 0.25) is 0 Å². The zero-order valence-corrected chi connectivity index (χ0v) is 18.7. The molecule has 0 aliphatic carbocycles. The molecule has 2 aromatic heterocycles. The van der Waals surface area contributed by atoms with Crippen LogP contribution >= 0.6 is 23.2 Å². The molecule has 3 aromatic rings. The highest BCUT2D eigenvalue weighted by Gasteiger charge is 2.25. The van der Waals surface area contributed by atoms with Crippen molar-refractivity contribution in [2.45, 2.75) is 58.9 Å². The van der Waals surface area contributed by atoms with Crippen LogP contribution in [0, 0.1) is 0 Å². The number of nitrogens with zero attached hydrogens (tertiary/aromatic N) is 4. The van der Waals surface area contributed by atoms with Crippen LogP contribution in [0.15, 0.2) is 27.8 Å². The van der Waals surface area contributed by atoms with E-state index in [1.807, 2.05) is 11.5 Å². The summed E-state index contributed by atoms with van der Waals surface area (Å²) >= 11 is 12.4. The van der Waals surface area contributed by atoms with E-state index in [9.17, 15) is 9.59 Å². The Morgan fingerprint density at radius 2 is 1.86 bits per heavy atom. The van der Waals surface area contributed by atoms with E-state index in [0.29, 0.717) is 33.3 Å². The van der Waals surface area contributed by atoms with Crippen molar-refractivity contribution >= 4 is 34.4 Å². The van der Waals surface area contributed by atoms with Gasteiger partial charge >= 0.3 is 5.69 Å². The van der Waals surface area contributed by atoms with Gasteiger partial charge in [-0.1, -0.05) is 56.8 Å². The van der Waals surface area contributed by atoms with Crippen LogP contribution in [0.1, 0.15) is 58.3 Å². The Kier molecular flexibility index (Phi) is 6.54. The monoisotopic (exact) mass is 436 g/mol. The van der Waals surface area contributed by atoms with Crippen LogP contribution in [-0.4, -0.2) is 18.7 Å². The molecule has 0 aliphatic rings. The molecule has 0 radical (unpaired) electrons. The van der Waals surface area contributed by atoms with Crippen molar-refractivity contribution in [1.29, 1.82) is 0 Å². The number of aromatic nitrogens is 4. The number of hydrogen-bond acceptors (Lipinski definition) is 3. The molecule has 2 heterocycles. The van der Waals surface area contributed by atoms with Gasteiger partial charge in [-0.2, -0.15) is 0 Å². The second-order valence-electron chi connectivity index (χ2n) is 7.21. The molecular formula is C21H26Cl2N4O2. The minimum absolute atomic E-state index is 0.147. The van der Waals surface area contributed by atoms with Crippen molar-refractivity contribution in [2.24, 2.45) is 7.05 Å². The third-order valence-electron chi connectivity index (χ3n) is 5.36. The summed E-state index contributed by atoms with van der Waals surface area (Å²) in [6.45, 7) is 6.27.